The molecule has 0 aliphatic carbocycles. The summed E-state index contributed by atoms with van der Waals surface area (Å²) in [4.78, 5) is 39.9. The van der Waals surface area contributed by atoms with Crippen LogP contribution in [0.3, 0.4) is 0 Å². The molecule has 0 aromatic heterocycles. The number of nitrogens with zero attached hydrogens (tertiary/aromatic N) is 1. The molecule has 180 valence electrons. The Morgan fingerprint density at radius 3 is 1.97 bits per heavy atom. The first-order valence-corrected chi connectivity index (χ1v) is 13.2. The van der Waals surface area contributed by atoms with Gasteiger partial charge in [-0.25, -0.2) is 13.1 Å². The molecule has 2 atom stereocenters. The lowest BCUT2D eigenvalue weighted by molar-refractivity contribution is -0.121. The van der Waals surface area contributed by atoms with E-state index in [1.54, 1.807) is 60.7 Å². The van der Waals surface area contributed by atoms with Crippen molar-refractivity contribution in [1.29, 1.82) is 0 Å². The summed E-state index contributed by atoms with van der Waals surface area (Å²) < 4.78 is 30.0. The normalized spacial score (nSPS) is 15.1. The zero-order valence-corrected chi connectivity index (χ0v) is 21.5. The lowest BCUT2D eigenvalue weighted by Gasteiger charge is -2.29. The maximum absolute atomic E-state index is 13.3. The summed E-state index contributed by atoms with van der Waals surface area (Å²) in [5, 5.41) is 0. The van der Waals surface area contributed by atoms with E-state index >= 15 is 0 Å². The largest absolute Gasteiger partial charge is 0.300 e. The van der Waals surface area contributed by atoms with Crippen LogP contribution in [0.5, 0.6) is 0 Å². The Bertz CT molecular complexity index is 1370. The zero-order chi connectivity index (χ0) is 25.3. The standard InChI is InChI=1S/C26H23BrN2O5S/c1-16-7-13-20(14-8-16)35(33,34)28-24(18-9-11-19(27)12-10-18)23(17(2)30)15-29-25(31)21-5-3-4-6-22(21)26(29)32/h3-14,23-24,28H,15H2,1-2H3/t23-,24+/m0/s1. The smallest absolute Gasteiger partial charge is 0.261 e. The number of Topliss-reactive ketones (excluding diaryl/α,β-unsaturated/α-hetero) is 1. The molecule has 3 aromatic rings. The van der Waals surface area contributed by atoms with Crippen molar-refractivity contribution in [2.24, 2.45) is 5.92 Å². The number of halogens is 1. The number of carbonyl (C=O) groups excluding carboxylic acids is 3. The number of nitrogens with one attached hydrogen (secondary N) is 1. The van der Waals surface area contributed by atoms with E-state index in [2.05, 4.69) is 20.7 Å². The highest BCUT2D eigenvalue weighted by Gasteiger charge is 2.40. The van der Waals surface area contributed by atoms with Crippen LogP contribution in [-0.4, -0.2) is 37.5 Å². The van der Waals surface area contributed by atoms with Gasteiger partial charge in [-0.05, 0) is 55.8 Å². The van der Waals surface area contributed by atoms with Crippen molar-refractivity contribution in [1.82, 2.24) is 9.62 Å². The van der Waals surface area contributed by atoms with Gasteiger partial charge in [-0.15, -0.1) is 0 Å². The van der Waals surface area contributed by atoms with Crippen LogP contribution in [0.15, 0.2) is 82.2 Å². The van der Waals surface area contributed by atoms with E-state index < -0.39 is 33.8 Å². The lowest BCUT2D eigenvalue weighted by Crippen LogP contribution is -2.44. The fraction of sp³-hybridized carbons (Fsp3) is 0.192. The number of sulfonamides is 1. The highest BCUT2D eigenvalue weighted by atomic mass is 79.9. The fourth-order valence-corrected chi connectivity index (χ4v) is 5.60. The highest BCUT2D eigenvalue weighted by molar-refractivity contribution is 9.10. The number of amides is 2. The van der Waals surface area contributed by atoms with Gasteiger partial charge in [-0.3, -0.25) is 19.3 Å². The van der Waals surface area contributed by atoms with E-state index in [1.165, 1.54) is 19.1 Å². The predicted molar refractivity (Wildman–Crippen MR) is 134 cm³/mol. The van der Waals surface area contributed by atoms with Crippen LogP contribution in [0.4, 0.5) is 0 Å². The van der Waals surface area contributed by atoms with Gasteiger partial charge in [-0.2, -0.15) is 0 Å². The molecule has 0 saturated heterocycles. The van der Waals surface area contributed by atoms with Crippen molar-refractivity contribution < 1.29 is 22.8 Å². The minimum absolute atomic E-state index is 0.0493. The summed E-state index contributed by atoms with van der Waals surface area (Å²) in [6.45, 7) is 2.91. The number of hydrogen-bond acceptors (Lipinski definition) is 5. The zero-order valence-electron chi connectivity index (χ0n) is 19.1. The van der Waals surface area contributed by atoms with Crippen molar-refractivity contribution in [3.63, 3.8) is 0 Å². The minimum atomic E-state index is -4.03. The quantitative estimate of drug-likeness (QED) is 0.419. The summed E-state index contributed by atoms with van der Waals surface area (Å²) in [5.74, 6) is -2.39. The number of imide groups is 1. The number of hydrogen-bond donors (Lipinski definition) is 1. The Labute approximate surface area is 212 Å². The van der Waals surface area contributed by atoms with Gasteiger partial charge in [0.25, 0.3) is 11.8 Å². The molecule has 0 unspecified atom stereocenters. The first-order valence-electron chi connectivity index (χ1n) is 10.9. The third-order valence-electron chi connectivity index (χ3n) is 6.02. The number of ketones is 1. The van der Waals surface area contributed by atoms with Gasteiger partial charge in [0.15, 0.2) is 0 Å². The SMILES string of the molecule is CC(=O)[C@H](CN1C(=O)c2ccccc2C1=O)[C@H](NS(=O)(=O)c1ccc(C)cc1)c1ccc(Br)cc1. The van der Waals surface area contributed by atoms with E-state index in [1.807, 2.05) is 6.92 Å². The molecule has 3 aromatic carbocycles. The summed E-state index contributed by atoms with van der Waals surface area (Å²) in [5.41, 5.74) is 1.96. The van der Waals surface area contributed by atoms with Crippen molar-refractivity contribution in [2.45, 2.75) is 24.8 Å². The molecule has 0 radical (unpaired) electrons. The second kappa shape index (κ2) is 9.85. The van der Waals surface area contributed by atoms with Crippen LogP contribution in [0.2, 0.25) is 0 Å². The molecular formula is C26H23BrN2O5S. The molecule has 35 heavy (non-hydrogen) atoms. The Balaban J connectivity index is 1.72. The van der Waals surface area contributed by atoms with Gasteiger partial charge in [0, 0.05) is 11.0 Å². The average Bonchev–Trinajstić information content (AvgIpc) is 3.06. The van der Waals surface area contributed by atoms with Crippen LogP contribution in [0.25, 0.3) is 0 Å². The Hall–Kier alpha value is -3.14. The first-order chi connectivity index (χ1) is 16.6. The summed E-state index contributed by atoms with van der Waals surface area (Å²) in [6, 6.07) is 18.7. The number of aryl methyl sites for hydroxylation is 1. The van der Waals surface area contributed by atoms with Gasteiger partial charge in [-0.1, -0.05) is 57.9 Å². The summed E-state index contributed by atoms with van der Waals surface area (Å²) in [6.07, 6.45) is 0. The number of rotatable bonds is 8. The number of carbonyl (C=O) groups is 3. The van der Waals surface area contributed by atoms with E-state index in [9.17, 15) is 22.8 Å². The van der Waals surface area contributed by atoms with Crippen molar-refractivity contribution in [3.05, 3.63) is 99.5 Å². The highest BCUT2D eigenvalue weighted by Crippen LogP contribution is 2.31. The van der Waals surface area contributed by atoms with Crippen LogP contribution in [-0.2, 0) is 14.8 Å². The summed E-state index contributed by atoms with van der Waals surface area (Å²) >= 11 is 3.37. The topological polar surface area (TPSA) is 101 Å². The molecule has 4 rings (SSSR count). The Kier molecular flexibility index (Phi) is 7.02. The van der Waals surface area contributed by atoms with Crippen LogP contribution in [0, 0.1) is 12.8 Å². The van der Waals surface area contributed by atoms with Crippen LogP contribution in [0.1, 0.15) is 44.8 Å². The molecular weight excluding hydrogens is 532 g/mol. The van der Waals surface area contributed by atoms with E-state index in [-0.39, 0.29) is 28.4 Å². The average molecular weight is 555 g/mol. The molecule has 7 nitrogen and oxygen atoms in total. The maximum atomic E-state index is 13.3. The molecule has 0 bridgehead atoms. The Morgan fingerprint density at radius 1 is 0.914 bits per heavy atom. The first kappa shape index (κ1) is 25.0. The fourth-order valence-electron chi connectivity index (χ4n) is 4.08. The van der Waals surface area contributed by atoms with E-state index in [0.717, 1.165) is 14.9 Å². The third-order valence-corrected chi connectivity index (χ3v) is 8.01. The predicted octanol–water partition coefficient (Wildman–Crippen LogP) is 4.28. The van der Waals surface area contributed by atoms with Gasteiger partial charge < -0.3 is 0 Å². The monoisotopic (exact) mass is 554 g/mol. The van der Waals surface area contributed by atoms with Gasteiger partial charge in [0.1, 0.15) is 5.78 Å². The van der Waals surface area contributed by atoms with Crippen LogP contribution < -0.4 is 4.72 Å². The van der Waals surface area contributed by atoms with Gasteiger partial charge in [0.05, 0.1) is 28.0 Å². The maximum Gasteiger partial charge on any atom is 0.261 e. The second-order valence-corrected chi connectivity index (χ2v) is 11.1. The van der Waals surface area contributed by atoms with E-state index in [4.69, 9.17) is 0 Å². The molecule has 0 saturated carbocycles. The molecule has 1 aliphatic heterocycles. The molecule has 9 heteroatoms. The Morgan fingerprint density at radius 2 is 1.46 bits per heavy atom. The molecule has 0 spiro atoms. The third kappa shape index (κ3) is 5.12. The number of benzene rings is 3. The van der Waals surface area contributed by atoms with Crippen molar-refractivity contribution in [2.75, 3.05) is 6.54 Å². The van der Waals surface area contributed by atoms with E-state index in [0.29, 0.717) is 5.56 Å². The molecule has 0 fully saturated rings. The number of fused-ring (bicyclic) bond motifs is 1. The second-order valence-electron chi connectivity index (χ2n) is 8.45. The van der Waals surface area contributed by atoms with Crippen molar-refractivity contribution in [3.8, 4) is 0 Å². The lowest BCUT2D eigenvalue weighted by atomic mass is 9.90. The summed E-state index contributed by atoms with van der Waals surface area (Å²) in [7, 11) is -4.03. The molecule has 1 heterocycles. The van der Waals surface area contributed by atoms with Gasteiger partial charge in [0.2, 0.25) is 10.0 Å². The van der Waals surface area contributed by atoms with Gasteiger partial charge >= 0.3 is 0 Å². The molecule has 2 amide bonds. The molecule has 1 aliphatic rings. The minimum Gasteiger partial charge on any atom is -0.300 e. The van der Waals surface area contributed by atoms with Crippen molar-refractivity contribution >= 4 is 43.6 Å². The van der Waals surface area contributed by atoms with Crippen LogP contribution >= 0.6 is 15.9 Å². The molecule has 1 N–H and O–H groups in total.